The smallest absolute Gasteiger partial charge is 0.337 e. The summed E-state index contributed by atoms with van der Waals surface area (Å²) in [4.78, 5) is 34.7. The molecule has 0 fully saturated rings. The highest BCUT2D eigenvalue weighted by atomic mass is 16.5. The Morgan fingerprint density at radius 2 is 1.90 bits per heavy atom. The molecular formula is C11H21N3O6. The first kappa shape index (κ1) is 18.1. The Morgan fingerprint density at radius 1 is 1.30 bits per heavy atom. The molecule has 20 heavy (non-hydrogen) atoms. The van der Waals surface area contributed by atoms with E-state index < -0.39 is 24.1 Å². The standard InChI is InChI=1S/C11H21N3O6/c1-11(19,9(16)17)7-13-10(18)14(2)6-8(15)12-4-5-20-3/h19H,4-7H2,1-3H3,(H,12,15)(H,13,18)(H,16,17). The van der Waals surface area contributed by atoms with Crippen LogP contribution in [0.25, 0.3) is 0 Å². The van der Waals surface area contributed by atoms with Gasteiger partial charge in [0, 0.05) is 20.7 Å². The number of amides is 3. The van der Waals surface area contributed by atoms with Crippen molar-refractivity contribution < 1.29 is 29.3 Å². The van der Waals surface area contributed by atoms with Crippen molar-refractivity contribution in [1.82, 2.24) is 15.5 Å². The summed E-state index contributed by atoms with van der Waals surface area (Å²) in [5.41, 5.74) is -2.06. The first-order valence-corrected chi connectivity index (χ1v) is 5.91. The van der Waals surface area contributed by atoms with Crippen LogP contribution < -0.4 is 10.6 Å². The number of likely N-dealkylation sites (N-methyl/N-ethyl adjacent to an activating group) is 1. The van der Waals surface area contributed by atoms with Crippen molar-refractivity contribution in [2.45, 2.75) is 12.5 Å². The van der Waals surface area contributed by atoms with Gasteiger partial charge in [-0.3, -0.25) is 4.79 Å². The molecule has 4 N–H and O–H groups in total. The van der Waals surface area contributed by atoms with Crippen LogP contribution >= 0.6 is 0 Å². The van der Waals surface area contributed by atoms with Crippen LogP contribution in [-0.4, -0.2) is 79.0 Å². The molecule has 0 aromatic rings. The normalized spacial score (nSPS) is 13.2. The summed E-state index contributed by atoms with van der Waals surface area (Å²) >= 11 is 0. The molecule has 0 spiro atoms. The summed E-state index contributed by atoms with van der Waals surface area (Å²) in [5, 5.41) is 22.8. The lowest BCUT2D eigenvalue weighted by atomic mass is 10.1. The predicted molar refractivity (Wildman–Crippen MR) is 69.2 cm³/mol. The summed E-state index contributed by atoms with van der Waals surface area (Å²) < 4.78 is 4.75. The van der Waals surface area contributed by atoms with E-state index in [1.807, 2.05) is 0 Å². The number of rotatable bonds is 8. The van der Waals surface area contributed by atoms with Gasteiger partial charge in [0.1, 0.15) is 6.54 Å². The Balaban J connectivity index is 4.10. The molecule has 0 heterocycles. The molecule has 116 valence electrons. The quantitative estimate of drug-likeness (QED) is 0.392. The Kier molecular flexibility index (Phi) is 7.55. The molecule has 0 aliphatic rings. The zero-order valence-corrected chi connectivity index (χ0v) is 11.8. The van der Waals surface area contributed by atoms with Gasteiger partial charge in [-0.25, -0.2) is 9.59 Å². The number of ether oxygens (including phenoxy) is 1. The Morgan fingerprint density at radius 3 is 2.40 bits per heavy atom. The number of nitrogens with zero attached hydrogens (tertiary/aromatic N) is 1. The van der Waals surface area contributed by atoms with Gasteiger partial charge in [0.25, 0.3) is 0 Å². The third-order valence-electron chi connectivity index (χ3n) is 2.40. The van der Waals surface area contributed by atoms with Crippen LogP contribution in [-0.2, 0) is 14.3 Å². The lowest BCUT2D eigenvalue weighted by Crippen LogP contribution is -2.50. The zero-order valence-electron chi connectivity index (χ0n) is 11.8. The van der Waals surface area contributed by atoms with Crippen LogP contribution in [0.3, 0.4) is 0 Å². The van der Waals surface area contributed by atoms with Crippen molar-refractivity contribution in [2.24, 2.45) is 0 Å². The topological polar surface area (TPSA) is 128 Å². The van der Waals surface area contributed by atoms with Gasteiger partial charge in [0.05, 0.1) is 13.2 Å². The minimum absolute atomic E-state index is 0.190. The molecule has 0 aromatic heterocycles. The molecule has 1 unspecified atom stereocenters. The van der Waals surface area contributed by atoms with E-state index in [0.29, 0.717) is 13.2 Å². The second-order valence-electron chi connectivity index (χ2n) is 4.44. The van der Waals surface area contributed by atoms with E-state index in [0.717, 1.165) is 11.8 Å². The molecule has 0 rings (SSSR count). The SMILES string of the molecule is COCCNC(=O)CN(C)C(=O)NCC(C)(O)C(=O)O. The van der Waals surface area contributed by atoms with Gasteiger partial charge in [-0.2, -0.15) is 0 Å². The largest absolute Gasteiger partial charge is 0.479 e. The molecule has 3 amide bonds. The number of urea groups is 1. The maximum atomic E-state index is 11.6. The first-order valence-electron chi connectivity index (χ1n) is 5.91. The molecule has 0 aliphatic heterocycles. The second kappa shape index (κ2) is 8.33. The van der Waals surface area contributed by atoms with Crippen LogP contribution in [0.1, 0.15) is 6.92 Å². The summed E-state index contributed by atoms with van der Waals surface area (Å²) in [5.74, 6) is -1.82. The van der Waals surface area contributed by atoms with E-state index in [9.17, 15) is 19.5 Å². The third kappa shape index (κ3) is 6.90. The molecule has 0 aromatic carbocycles. The number of methoxy groups -OCH3 is 1. The van der Waals surface area contributed by atoms with Crippen LogP contribution in [0.5, 0.6) is 0 Å². The monoisotopic (exact) mass is 291 g/mol. The van der Waals surface area contributed by atoms with E-state index in [1.54, 1.807) is 0 Å². The first-order chi connectivity index (χ1) is 9.20. The molecule has 0 radical (unpaired) electrons. The number of carboxylic acid groups (broad SMARTS) is 1. The van der Waals surface area contributed by atoms with Crippen LogP contribution in [0, 0.1) is 0 Å². The number of carbonyl (C=O) groups is 3. The van der Waals surface area contributed by atoms with E-state index in [1.165, 1.54) is 14.2 Å². The van der Waals surface area contributed by atoms with Gasteiger partial charge in [0.15, 0.2) is 5.60 Å². The van der Waals surface area contributed by atoms with Crippen molar-refractivity contribution in [3.63, 3.8) is 0 Å². The van der Waals surface area contributed by atoms with Gasteiger partial charge in [-0.15, -0.1) is 0 Å². The zero-order chi connectivity index (χ0) is 15.8. The summed E-state index contributed by atoms with van der Waals surface area (Å²) in [6.45, 7) is 1.11. The molecular weight excluding hydrogens is 270 g/mol. The highest BCUT2D eigenvalue weighted by Crippen LogP contribution is 2.01. The van der Waals surface area contributed by atoms with Gasteiger partial charge < -0.3 is 30.5 Å². The molecule has 0 saturated heterocycles. The van der Waals surface area contributed by atoms with Gasteiger partial charge in [-0.1, -0.05) is 0 Å². The minimum Gasteiger partial charge on any atom is -0.479 e. The number of hydrogen-bond acceptors (Lipinski definition) is 5. The van der Waals surface area contributed by atoms with E-state index in [2.05, 4.69) is 10.6 Å². The fraction of sp³-hybridized carbons (Fsp3) is 0.727. The number of nitrogens with one attached hydrogen (secondary N) is 2. The van der Waals surface area contributed by atoms with Crippen molar-refractivity contribution in [3.8, 4) is 0 Å². The molecule has 0 aliphatic carbocycles. The van der Waals surface area contributed by atoms with Gasteiger partial charge in [0.2, 0.25) is 5.91 Å². The highest BCUT2D eigenvalue weighted by molar-refractivity contribution is 5.84. The van der Waals surface area contributed by atoms with Crippen LogP contribution in [0.2, 0.25) is 0 Å². The van der Waals surface area contributed by atoms with E-state index >= 15 is 0 Å². The van der Waals surface area contributed by atoms with E-state index in [-0.39, 0.29) is 12.5 Å². The van der Waals surface area contributed by atoms with Crippen molar-refractivity contribution in [2.75, 3.05) is 40.4 Å². The number of aliphatic hydroxyl groups is 1. The van der Waals surface area contributed by atoms with Crippen LogP contribution in [0.15, 0.2) is 0 Å². The molecule has 9 heteroatoms. The van der Waals surface area contributed by atoms with Crippen molar-refractivity contribution in [1.29, 1.82) is 0 Å². The Hall–Kier alpha value is -1.87. The summed E-state index contributed by atoms with van der Waals surface area (Å²) in [7, 11) is 2.88. The summed E-state index contributed by atoms with van der Waals surface area (Å²) in [6, 6.07) is -0.659. The third-order valence-corrected chi connectivity index (χ3v) is 2.40. The average Bonchev–Trinajstić information content (AvgIpc) is 2.36. The van der Waals surface area contributed by atoms with Crippen molar-refractivity contribution in [3.05, 3.63) is 0 Å². The van der Waals surface area contributed by atoms with Gasteiger partial charge >= 0.3 is 12.0 Å². The summed E-state index contributed by atoms with van der Waals surface area (Å²) in [6.07, 6.45) is 0. The van der Waals surface area contributed by atoms with Gasteiger partial charge in [-0.05, 0) is 6.92 Å². The lowest BCUT2D eigenvalue weighted by Gasteiger charge is -2.22. The average molecular weight is 291 g/mol. The minimum atomic E-state index is -2.06. The molecule has 9 nitrogen and oxygen atoms in total. The second-order valence-corrected chi connectivity index (χ2v) is 4.44. The van der Waals surface area contributed by atoms with Crippen molar-refractivity contribution >= 4 is 17.9 Å². The number of carbonyl (C=O) groups excluding carboxylic acids is 2. The molecule has 1 atom stereocenters. The fourth-order valence-corrected chi connectivity index (χ4v) is 1.09. The Labute approximate surface area is 116 Å². The maximum absolute atomic E-state index is 11.6. The molecule has 0 saturated carbocycles. The fourth-order valence-electron chi connectivity index (χ4n) is 1.09. The maximum Gasteiger partial charge on any atom is 0.337 e. The number of hydrogen-bond donors (Lipinski definition) is 4. The predicted octanol–water partition coefficient (Wildman–Crippen LogP) is -1.77. The number of aliphatic carboxylic acids is 1. The lowest BCUT2D eigenvalue weighted by molar-refractivity contribution is -0.155. The van der Waals surface area contributed by atoms with Crippen LogP contribution in [0.4, 0.5) is 4.79 Å². The number of carboxylic acids is 1. The molecule has 0 bridgehead atoms. The van der Waals surface area contributed by atoms with E-state index in [4.69, 9.17) is 9.84 Å². The Bertz CT molecular complexity index is 358. The highest BCUT2D eigenvalue weighted by Gasteiger charge is 2.30.